The summed E-state index contributed by atoms with van der Waals surface area (Å²) in [5.41, 5.74) is 15.8. The summed E-state index contributed by atoms with van der Waals surface area (Å²) in [6.45, 7) is 3.13. The maximum absolute atomic E-state index is 14.0. The second-order valence-corrected chi connectivity index (χ2v) is 13.7. The molecular weight excluding hydrogens is 660 g/mol. The normalized spacial score (nSPS) is 20.9. The number of amides is 2. The number of ether oxygens (including phenoxy) is 2. The zero-order chi connectivity index (χ0) is 36.4. The van der Waals surface area contributed by atoms with Crippen LogP contribution < -0.4 is 25.8 Å². The molecule has 1 aliphatic carbocycles. The van der Waals surface area contributed by atoms with Crippen molar-refractivity contribution in [3.05, 3.63) is 77.1 Å². The first-order chi connectivity index (χ1) is 25.2. The second kappa shape index (κ2) is 14.5. The number of nitrogens with two attached hydrogens (primary N) is 2. The number of likely N-dealkylation sites (tertiary alicyclic amines) is 1. The standard InChI is InChI=1S/C38H44N10O4/c1-42-23-43-35(41)26-5-3-24(4-6-26)25-13-17-47(18-14-25)32(49)21-46-19-15-38(22-46)16-20-48(37(38)50)31-12-9-28(39)34(45-31)33(40)29-10-11-30(36(44-29)51-2)52-27-7-8-27/h3-6,9-13,23,27,40H,7-8,14-22,39H2,1-2H3,(H2,41,42,43)/t38-/m0/s1. The summed E-state index contributed by atoms with van der Waals surface area (Å²) in [5.74, 6) is 1.73. The Morgan fingerprint density at radius 1 is 1.08 bits per heavy atom. The molecule has 2 aromatic heterocycles. The van der Waals surface area contributed by atoms with E-state index in [2.05, 4.69) is 25.9 Å². The lowest BCUT2D eigenvalue weighted by molar-refractivity contribution is -0.132. The number of nitrogen functional groups attached to an aromatic ring is 1. The summed E-state index contributed by atoms with van der Waals surface area (Å²) in [6, 6.07) is 14.8. The zero-order valence-electron chi connectivity index (χ0n) is 29.5. The lowest BCUT2D eigenvalue weighted by Crippen LogP contribution is -2.43. The molecule has 3 aliphatic heterocycles. The van der Waals surface area contributed by atoms with Gasteiger partial charge in [0.15, 0.2) is 5.75 Å². The highest BCUT2D eigenvalue weighted by Crippen LogP contribution is 2.42. The molecule has 0 unspecified atom stereocenters. The molecule has 14 nitrogen and oxygen atoms in total. The van der Waals surface area contributed by atoms with Gasteiger partial charge in [-0.05, 0) is 74.1 Å². The highest BCUT2D eigenvalue weighted by Gasteiger charge is 2.51. The van der Waals surface area contributed by atoms with E-state index >= 15 is 0 Å². The third-order valence-electron chi connectivity index (χ3n) is 10.2. The molecule has 2 amide bonds. The third-order valence-corrected chi connectivity index (χ3v) is 10.2. The highest BCUT2D eigenvalue weighted by atomic mass is 16.5. The first-order valence-corrected chi connectivity index (χ1v) is 17.6. The van der Waals surface area contributed by atoms with Crippen molar-refractivity contribution < 1.29 is 19.1 Å². The Morgan fingerprint density at radius 3 is 2.58 bits per heavy atom. The van der Waals surface area contributed by atoms with Crippen LogP contribution in [-0.2, 0) is 9.59 Å². The van der Waals surface area contributed by atoms with Crippen molar-refractivity contribution in [2.45, 2.75) is 38.2 Å². The van der Waals surface area contributed by atoms with Gasteiger partial charge in [-0.1, -0.05) is 30.3 Å². The molecule has 3 fully saturated rings. The number of carbonyl (C=O) groups excluding carboxylic acids is 2. The second-order valence-electron chi connectivity index (χ2n) is 13.7. The van der Waals surface area contributed by atoms with Gasteiger partial charge in [0.2, 0.25) is 11.8 Å². The molecule has 4 aliphatic rings. The van der Waals surface area contributed by atoms with E-state index in [-0.39, 0.29) is 35.9 Å². The number of nitrogens with one attached hydrogen (secondary N) is 1. The van der Waals surface area contributed by atoms with Crippen molar-refractivity contribution in [3.8, 4) is 11.6 Å². The summed E-state index contributed by atoms with van der Waals surface area (Å²) in [7, 11) is 3.16. The quantitative estimate of drug-likeness (QED) is 0.199. The largest absolute Gasteiger partial charge is 0.485 e. The maximum Gasteiger partial charge on any atom is 0.257 e. The van der Waals surface area contributed by atoms with E-state index in [0.29, 0.717) is 80.2 Å². The Kier molecular flexibility index (Phi) is 9.73. The molecule has 1 saturated carbocycles. The summed E-state index contributed by atoms with van der Waals surface area (Å²) in [5, 5.41) is 8.89. The van der Waals surface area contributed by atoms with Crippen molar-refractivity contribution in [2.24, 2.45) is 21.1 Å². The van der Waals surface area contributed by atoms with Crippen LogP contribution in [-0.4, -0.2) is 109 Å². The lowest BCUT2D eigenvalue weighted by Gasteiger charge is -2.29. The van der Waals surface area contributed by atoms with Crippen LogP contribution >= 0.6 is 0 Å². The van der Waals surface area contributed by atoms with Gasteiger partial charge in [-0.15, -0.1) is 0 Å². The van der Waals surface area contributed by atoms with Crippen molar-refractivity contribution in [3.63, 3.8) is 0 Å². The Balaban J connectivity index is 0.959. The van der Waals surface area contributed by atoms with Crippen molar-refractivity contribution in [1.29, 1.82) is 5.41 Å². The van der Waals surface area contributed by atoms with Gasteiger partial charge in [0.25, 0.3) is 5.88 Å². The average Bonchev–Trinajstić information content (AvgIpc) is 3.82. The van der Waals surface area contributed by atoms with Gasteiger partial charge >= 0.3 is 0 Å². The third kappa shape index (κ3) is 7.11. The first-order valence-electron chi connectivity index (χ1n) is 17.6. The van der Waals surface area contributed by atoms with Crippen molar-refractivity contribution >= 4 is 46.8 Å². The summed E-state index contributed by atoms with van der Waals surface area (Å²) >= 11 is 0. The maximum atomic E-state index is 14.0. The van der Waals surface area contributed by atoms with Gasteiger partial charge in [-0.2, -0.15) is 0 Å². The number of anilines is 2. The number of carbonyl (C=O) groups is 2. The van der Waals surface area contributed by atoms with Gasteiger partial charge in [0, 0.05) is 38.8 Å². The predicted molar refractivity (Wildman–Crippen MR) is 200 cm³/mol. The van der Waals surface area contributed by atoms with Crippen molar-refractivity contribution in [1.82, 2.24) is 19.8 Å². The summed E-state index contributed by atoms with van der Waals surface area (Å²) < 4.78 is 11.3. The van der Waals surface area contributed by atoms with E-state index in [4.69, 9.17) is 31.3 Å². The molecule has 1 aromatic carbocycles. The first kappa shape index (κ1) is 34.8. The highest BCUT2D eigenvalue weighted by molar-refractivity contribution is 6.12. The Labute approximate surface area is 302 Å². The number of aliphatic imine (C=N–C) groups is 2. The number of aromatic nitrogens is 2. The number of amidine groups is 1. The minimum absolute atomic E-state index is 0.0123. The Morgan fingerprint density at radius 2 is 1.87 bits per heavy atom. The average molecular weight is 705 g/mol. The number of hydrogen-bond acceptors (Lipinski definition) is 10. The van der Waals surface area contributed by atoms with Crippen molar-refractivity contribution in [2.75, 3.05) is 64.1 Å². The molecule has 1 spiro atoms. The van der Waals surface area contributed by atoms with Crippen LogP contribution in [0.4, 0.5) is 11.5 Å². The number of pyridine rings is 2. The molecule has 270 valence electrons. The molecule has 1 atom stereocenters. The molecule has 2 saturated heterocycles. The number of rotatable bonds is 11. The fraction of sp³-hybridized carbons (Fsp3) is 0.395. The predicted octanol–water partition coefficient (Wildman–Crippen LogP) is 3.13. The SMILES string of the molecule is CN=CN=C(N)c1ccc(C2=CCN(C(=O)CN3CC[C@]4(CCN(c5ccc(N)c(C(=N)c6ccc(OC7CC7)c(OC)n6)n5)C4=O)C3)CC2)cc1. The van der Waals surface area contributed by atoms with Gasteiger partial charge in [-0.3, -0.25) is 29.8 Å². The van der Waals surface area contributed by atoms with E-state index in [1.54, 1.807) is 36.2 Å². The number of benzene rings is 1. The van der Waals surface area contributed by atoms with Crippen LogP contribution in [0, 0.1) is 10.8 Å². The van der Waals surface area contributed by atoms with E-state index in [1.165, 1.54) is 19.0 Å². The number of nitrogens with zero attached hydrogens (tertiary/aromatic N) is 7. The summed E-state index contributed by atoms with van der Waals surface area (Å²) in [4.78, 5) is 50.2. The van der Waals surface area contributed by atoms with Crippen LogP contribution in [0.1, 0.15) is 54.6 Å². The molecule has 0 radical (unpaired) electrons. The molecular formula is C38H44N10O4. The Bertz CT molecular complexity index is 1970. The molecule has 3 aromatic rings. The van der Waals surface area contributed by atoms with Gasteiger partial charge in [-0.25, -0.2) is 15.0 Å². The molecule has 52 heavy (non-hydrogen) atoms. The summed E-state index contributed by atoms with van der Waals surface area (Å²) in [6.07, 6.45) is 7.80. The Hall–Kier alpha value is -5.63. The van der Waals surface area contributed by atoms with Gasteiger partial charge in [0.1, 0.15) is 29.4 Å². The minimum atomic E-state index is -0.581. The fourth-order valence-corrected chi connectivity index (χ4v) is 7.11. The van der Waals surface area contributed by atoms with E-state index in [0.717, 1.165) is 30.4 Å². The fourth-order valence-electron chi connectivity index (χ4n) is 7.11. The molecule has 5 N–H and O–H groups in total. The van der Waals surface area contributed by atoms with Crippen LogP contribution in [0.3, 0.4) is 0 Å². The smallest absolute Gasteiger partial charge is 0.257 e. The topological polar surface area (TPSA) is 189 Å². The van der Waals surface area contributed by atoms with E-state index in [9.17, 15) is 9.59 Å². The van der Waals surface area contributed by atoms with E-state index in [1.807, 2.05) is 29.2 Å². The van der Waals surface area contributed by atoms with Gasteiger partial charge < -0.3 is 25.8 Å². The zero-order valence-corrected chi connectivity index (χ0v) is 29.5. The molecule has 0 bridgehead atoms. The monoisotopic (exact) mass is 704 g/mol. The van der Waals surface area contributed by atoms with Crippen LogP contribution in [0.2, 0.25) is 0 Å². The van der Waals surface area contributed by atoms with Crippen LogP contribution in [0.5, 0.6) is 11.6 Å². The number of methoxy groups -OCH3 is 1. The lowest BCUT2D eigenvalue weighted by atomic mass is 9.85. The number of hydrogen-bond donors (Lipinski definition) is 3. The van der Waals surface area contributed by atoms with Gasteiger partial charge in [0.05, 0.1) is 36.6 Å². The van der Waals surface area contributed by atoms with Crippen LogP contribution in [0.25, 0.3) is 5.57 Å². The van der Waals surface area contributed by atoms with E-state index < -0.39 is 5.41 Å². The van der Waals surface area contributed by atoms with Crippen LogP contribution in [0.15, 0.2) is 64.6 Å². The molecule has 14 heteroatoms. The molecule has 5 heterocycles. The molecule has 7 rings (SSSR count). The minimum Gasteiger partial charge on any atom is -0.485 e.